The zero-order chi connectivity index (χ0) is 32.4. The molecule has 3 aromatic heterocycles. The summed E-state index contributed by atoms with van der Waals surface area (Å²) in [5, 5.41) is 11.1. The Labute approximate surface area is 277 Å². The normalized spacial score (nSPS) is 15.0. The molecule has 15 heteroatoms. The zero-order valence-electron chi connectivity index (χ0n) is 26.2. The number of methoxy groups -OCH3 is 2. The van der Waals surface area contributed by atoms with Crippen LogP contribution in [0.1, 0.15) is 19.8 Å². The smallest absolute Gasteiger partial charge is 0.229 e. The van der Waals surface area contributed by atoms with Gasteiger partial charge in [0.25, 0.3) is 0 Å². The number of nitrogens with zero attached hydrogens (tertiary/aromatic N) is 7. The minimum absolute atomic E-state index is 0.133. The number of piperidine rings is 1. The van der Waals surface area contributed by atoms with Crippen LogP contribution in [-0.4, -0.2) is 73.1 Å². The molecule has 13 nitrogen and oxygen atoms in total. The second kappa shape index (κ2) is 13.2. The van der Waals surface area contributed by atoms with Crippen LogP contribution in [0.15, 0.2) is 59.7 Å². The molecule has 0 amide bonds. The van der Waals surface area contributed by atoms with E-state index in [1.165, 1.54) is 0 Å². The van der Waals surface area contributed by atoms with Crippen molar-refractivity contribution in [2.75, 3.05) is 53.8 Å². The van der Waals surface area contributed by atoms with E-state index < -0.39 is 11.0 Å². The molecule has 1 unspecified atom stereocenters. The molecule has 1 aliphatic heterocycles. The predicted molar refractivity (Wildman–Crippen MR) is 186 cm³/mol. The molecule has 4 heterocycles. The Balaban J connectivity index is 1.35. The molecule has 5 aromatic rings. The van der Waals surface area contributed by atoms with Crippen LogP contribution in [0.2, 0.25) is 0 Å². The number of benzene rings is 2. The van der Waals surface area contributed by atoms with Gasteiger partial charge in [-0.05, 0) is 53.9 Å². The van der Waals surface area contributed by atoms with Crippen molar-refractivity contribution in [3.8, 4) is 16.9 Å². The summed E-state index contributed by atoms with van der Waals surface area (Å²) >= 11 is 3.57. The van der Waals surface area contributed by atoms with E-state index in [0.29, 0.717) is 50.1 Å². The highest BCUT2D eigenvalue weighted by molar-refractivity contribution is 9.10. The van der Waals surface area contributed by atoms with Gasteiger partial charge in [-0.15, -0.1) is 0 Å². The molecule has 1 atom stereocenters. The molecule has 1 saturated heterocycles. The van der Waals surface area contributed by atoms with Gasteiger partial charge >= 0.3 is 0 Å². The van der Waals surface area contributed by atoms with Crippen molar-refractivity contribution in [2.45, 2.75) is 25.4 Å². The van der Waals surface area contributed by atoms with E-state index in [1.807, 2.05) is 37.6 Å². The summed E-state index contributed by atoms with van der Waals surface area (Å²) in [6.45, 7) is 3.86. The molecular formula is C31H35BrN10O3S. The second-order valence-corrected chi connectivity index (χ2v) is 13.2. The molecule has 46 heavy (non-hydrogen) atoms. The molecule has 2 aromatic carbocycles. The lowest BCUT2D eigenvalue weighted by Gasteiger charge is -2.40. The Morgan fingerprint density at radius 2 is 1.80 bits per heavy atom. The summed E-state index contributed by atoms with van der Waals surface area (Å²) in [5.74, 6) is 1.48. The minimum atomic E-state index is -1.35. The van der Waals surface area contributed by atoms with Crippen LogP contribution < -0.4 is 25.0 Å². The molecule has 240 valence electrons. The van der Waals surface area contributed by atoms with Crippen molar-refractivity contribution < 1.29 is 13.7 Å². The second-order valence-electron chi connectivity index (χ2n) is 11.2. The fraction of sp³-hybridized carbons (Fsp3) is 0.323. The van der Waals surface area contributed by atoms with E-state index in [4.69, 9.17) is 14.5 Å². The van der Waals surface area contributed by atoms with Gasteiger partial charge in [-0.25, -0.2) is 9.19 Å². The third-order valence-corrected chi connectivity index (χ3v) is 9.19. The van der Waals surface area contributed by atoms with Crippen LogP contribution in [-0.2, 0) is 22.8 Å². The van der Waals surface area contributed by atoms with Gasteiger partial charge in [-0.3, -0.25) is 14.6 Å². The fourth-order valence-corrected chi connectivity index (χ4v) is 6.25. The number of rotatable bonds is 10. The highest BCUT2D eigenvalue weighted by Gasteiger charge is 2.31. The summed E-state index contributed by atoms with van der Waals surface area (Å²) in [5.41, 5.74) is 6.03. The summed E-state index contributed by atoms with van der Waals surface area (Å²) in [7, 11) is 3.99. The summed E-state index contributed by atoms with van der Waals surface area (Å²) < 4.78 is 29.3. The highest BCUT2D eigenvalue weighted by atomic mass is 79.9. The van der Waals surface area contributed by atoms with Crippen molar-refractivity contribution >= 4 is 72.5 Å². The van der Waals surface area contributed by atoms with Gasteiger partial charge in [0, 0.05) is 81.2 Å². The lowest BCUT2D eigenvalue weighted by Crippen LogP contribution is -2.43. The van der Waals surface area contributed by atoms with E-state index in [0.717, 1.165) is 42.7 Å². The number of nitrogens with one attached hydrogen (secondary N) is 3. The molecule has 1 fully saturated rings. The summed E-state index contributed by atoms with van der Waals surface area (Å²) in [4.78, 5) is 20.5. The average Bonchev–Trinajstić information content (AvgIpc) is 3.49. The first-order valence-electron chi connectivity index (χ1n) is 14.6. The van der Waals surface area contributed by atoms with Gasteiger partial charge in [-0.2, -0.15) is 10.1 Å². The average molecular weight is 708 g/mol. The van der Waals surface area contributed by atoms with Crippen LogP contribution in [0.3, 0.4) is 0 Å². The van der Waals surface area contributed by atoms with Crippen LogP contribution in [0.25, 0.3) is 22.2 Å². The van der Waals surface area contributed by atoms with Gasteiger partial charge in [0.1, 0.15) is 28.1 Å². The number of hydrogen-bond donors (Lipinski definition) is 3. The maximum absolute atomic E-state index is 12.2. The Morgan fingerprint density at radius 1 is 1.02 bits per heavy atom. The van der Waals surface area contributed by atoms with E-state index >= 15 is 0 Å². The molecule has 3 N–H and O–H groups in total. The SMILES string of the molecule is COc1cc(N2CCC(C)(OC)CC2)c(-c2cnn(C)c2)cc1Nc1ncc(Br)c(Nc2ccc3nccnc3c2NS(C)=O)n1. The molecule has 0 bridgehead atoms. The van der Waals surface area contributed by atoms with Crippen LogP contribution in [0.5, 0.6) is 5.75 Å². The number of hydrogen-bond acceptors (Lipinski definition) is 11. The summed E-state index contributed by atoms with van der Waals surface area (Å²) in [6.07, 6.45) is 12.1. The molecule has 0 spiro atoms. The van der Waals surface area contributed by atoms with Gasteiger partial charge in [-0.1, -0.05) is 0 Å². The van der Waals surface area contributed by atoms with E-state index in [2.05, 4.69) is 69.2 Å². The Morgan fingerprint density at radius 3 is 2.50 bits per heavy atom. The van der Waals surface area contributed by atoms with Crippen molar-refractivity contribution in [1.29, 1.82) is 0 Å². The van der Waals surface area contributed by atoms with Crippen molar-refractivity contribution in [3.05, 3.63) is 59.7 Å². The molecule has 0 aliphatic carbocycles. The minimum Gasteiger partial charge on any atom is -0.494 e. The van der Waals surface area contributed by atoms with Crippen LogP contribution in [0, 0.1) is 0 Å². The molecule has 0 radical (unpaired) electrons. The number of fused-ring (bicyclic) bond motifs is 1. The Kier molecular flexibility index (Phi) is 9.06. The quantitative estimate of drug-likeness (QED) is 0.162. The molecule has 6 rings (SSSR count). The topological polar surface area (TPSA) is 144 Å². The maximum Gasteiger partial charge on any atom is 0.229 e. The van der Waals surface area contributed by atoms with Gasteiger partial charge in [0.05, 0.1) is 46.0 Å². The standard InChI is InChI=1S/C31H35BrN10O3S/c1-31(45-4)8-12-42(13-9-31)25-15-26(44-3)24(14-20(25)19-16-36-41(2)18-19)38-30-35-17-21(32)29(39-30)37-23-7-6-22-27(34-11-10-33-22)28(23)40-46(5)43/h6-7,10-11,14-18,40H,8-9,12-13H2,1-5H3,(H2,35,37,38,39). The number of anilines is 6. The first-order chi connectivity index (χ1) is 22.2. The Bertz CT molecular complexity index is 1910. The Hall–Kier alpha value is -4.34. The number of ether oxygens (including phenoxy) is 2. The van der Waals surface area contributed by atoms with Crippen LogP contribution in [0.4, 0.5) is 34.5 Å². The fourth-order valence-electron chi connectivity index (χ4n) is 5.46. The monoisotopic (exact) mass is 706 g/mol. The zero-order valence-corrected chi connectivity index (χ0v) is 28.6. The molecular weight excluding hydrogens is 672 g/mol. The highest BCUT2D eigenvalue weighted by Crippen LogP contribution is 2.42. The van der Waals surface area contributed by atoms with Crippen molar-refractivity contribution in [2.24, 2.45) is 7.05 Å². The number of halogens is 1. The largest absolute Gasteiger partial charge is 0.494 e. The van der Waals surface area contributed by atoms with Gasteiger partial charge in [0.2, 0.25) is 5.95 Å². The van der Waals surface area contributed by atoms with Crippen molar-refractivity contribution in [3.63, 3.8) is 0 Å². The van der Waals surface area contributed by atoms with E-state index in [9.17, 15) is 4.21 Å². The van der Waals surface area contributed by atoms with Gasteiger partial charge < -0.3 is 29.7 Å². The first-order valence-corrected chi connectivity index (χ1v) is 16.9. The van der Waals surface area contributed by atoms with Crippen LogP contribution >= 0.6 is 15.9 Å². The van der Waals surface area contributed by atoms with Crippen molar-refractivity contribution in [1.82, 2.24) is 29.7 Å². The lowest BCUT2D eigenvalue weighted by molar-refractivity contribution is -0.0132. The number of aryl methyl sites for hydroxylation is 1. The predicted octanol–water partition coefficient (Wildman–Crippen LogP) is 5.79. The third-order valence-electron chi connectivity index (χ3n) is 8.12. The summed E-state index contributed by atoms with van der Waals surface area (Å²) in [6, 6.07) is 7.78. The third kappa shape index (κ3) is 6.62. The molecule has 1 aliphatic rings. The lowest BCUT2D eigenvalue weighted by atomic mass is 9.92. The van der Waals surface area contributed by atoms with E-state index in [1.54, 1.807) is 43.7 Å². The maximum atomic E-state index is 12.2. The first kappa shape index (κ1) is 31.6. The molecule has 0 saturated carbocycles. The number of aromatic nitrogens is 6. The van der Waals surface area contributed by atoms with Gasteiger partial charge in [0.15, 0.2) is 0 Å². The van der Waals surface area contributed by atoms with E-state index in [-0.39, 0.29) is 5.60 Å².